The van der Waals surface area contributed by atoms with Gasteiger partial charge in [0.15, 0.2) is 0 Å². The van der Waals surface area contributed by atoms with Crippen molar-refractivity contribution in [2.75, 3.05) is 0 Å². The fourth-order valence-corrected chi connectivity index (χ4v) is 2.28. The Hall–Kier alpha value is -2.15. The van der Waals surface area contributed by atoms with Gasteiger partial charge >= 0.3 is 6.18 Å². The van der Waals surface area contributed by atoms with Crippen molar-refractivity contribution in [1.82, 2.24) is 19.5 Å². The largest absolute Gasteiger partial charge is 0.431 e. The molecule has 3 heterocycles. The van der Waals surface area contributed by atoms with Gasteiger partial charge in [0.05, 0.1) is 5.39 Å². The third-order valence-electron chi connectivity index (χ3n) is 3.02. The summed E-state index contributed by atoms with van der Waals surface area (Å²) in [5, 5.41) is 0.180. The number of fused-ring (bicyclic) bond motifs is 1. The number of rotatable bonds is 2. The van der Waals surface area contributed by atoms with E-state index in [4.69, 9.17) is 11.6 Å². The number of hydrogen-bond acceptors (Lipinski definition) is 3. The predicted octanol–water partition coefficient (Wildman–Crippen LogP) is 3.55. The van der Waals surface area contributed by atoms with Crippen LogP contribution in [0.2, 0.25) is 5.15 Å². The van der Waals surface area contributed by atoms with Crippen LogP contribution in [0.1, 0.15) is 11.3 Å². The van der Waals surface area contributed by atoms with Crippen LogP contribution in [-0.2, 0) is 12.7 Å². The first kappa shape index (κ1) is 13.8. The molecule has 3 aromatic heterocycles. The molecule has 8 heteroatoms. The molecule has 3 rings (SSSR count). The number of nitrogens with zero attached hydrogens (tertiary/aromatic N) is 4. The summed E-state index contributed by atoms with van der Waals surface area (Å²) in [5.41, 5.74) is 0.0265. The number of alkyl halides is 3. The molecule has 0 aromatic carbocycles. The lowest BCUT2D eigenvalue weighted by molar-refractivity contribution is -0.143. The fourth-order valence-electron chi connectivity index (χ4n) is 2.10. The van der Waals surface area contributed by atoms with E-state index >= 15 is 0 Å². The molecule has 108 valence electrons. The van der Waals surface area contributed by atoms with Crippen LogP contribution >= 0.6 is 11.6 Å². The zero-order valence-electron chi connectivity index (χ0n) is 10.5. The maximum Gasteiger partial charge on any atom is 0.431 e. The van der Waals surface area contributed by atoms with E-state index in [9.17, 15) is 13.2 Å². The number of halogens is 4. The molecule has 0 aliphatic rings. The molecule has 0 N–H and O–H groups in total. The van der Waals surface area contributed by atoms with Gasteiger partial charge in [0.1, 0.15) is 22.8 Å². The summed E-state index contributed by atoms with van der Waals surface area (Å²) in [6, 6.07) is 4.27. The minimum absolute atomic E-state index is 0.000946. The Bertz CT molecular complexity index is 783. The van der Waals surface area contributed by atoms with E-state index in [1.165, 1.54) is 12.4 Å². The Kier molecular flexibility index (Phi) is 3.29. The van der Waals surface area contributed by atoms with Gasteiger partial charge in [0.2, 0.25) is 0 Å². The van der Waals surface area contributed by atoms with Crippen molar-refractivity contribution < 1.29 is 13.2 Å². The smallest absolute Gasteiger partial charge is 0.317 e. The lowest BCUT2D eigenvalue weighted by atomic mass is 10.2. The van der Waals surface area contributed by atoms with Gasteiger partial charge in [-0.2, -0.15) is 13.2 Å². The Labute approximate surface area is 122 Å². The molecule has 0 aliphatic carbocycles. The van der Waals surface area contributed by atoms with Crippen molar-refractivity contribution in [2.45, 2.75) is 12.7 Å². The van der Waals surface area contributed by atoms with Crippen LogP contribution in [0.25, 0.3) is 11.0 Å². The third-order valence-corrected chi connectivity index (χ3v) is 3.32. The van der Waals surface area contributed by atoms with Crippen LogP contribution < -0.4 is 0 Å². The lowest BCUT2D eigenvalue weighted by Crippen LogP contribution is -2.14. The Morgan fingerprint density at radius 3 is 2.52 bits per heavy atom. The highest BCUT2D eigenvalue weighted by Gasteiger charge is 2.36. The van der Waals surface area contributed by atoms with Gasteiger partial charge in [-0.15, -0.1) is 0 Å². The van der Waals surface area contributed by atoms with E-state index in [-0.39, 0.29) is 22.7 Å². The van der Waals surface area contributed by atoms with E-state index in [0.29, 0.717) is 5.56 Å². The fraction of sp³-hybridized carbons (Fsp3) is 0.154. The Morgan fingerprint density at radius 2 is 1.86 bits per heavy atom. The van der Waals surface area contributed by atoms with Gasteiger partial charge in [-0.1, -0.05) is 11.6 Å². The maximum atomic E-state index is 13.2. The van der Waals surface area contributed by atoms with Crippen molar-refractivity contribution in [1.29, 1.82) is 0 Å². The van der Waals surface area contributed by atoms with Gasteiger partial charge in [0, 0.05) is 18.9 Å². The normalized spacial score (nSPS) is 12.0. The van der Waals surface area contributed by atoms with Crippen LogP contribution in [0.3, 0.4) is 0 Å². The first-order chi connectivity index (χ1) is 9.97. The molecule has 0 atom stereocenters. The van der Waals surface area contributed by atoms with Gasteiger partial charge in [-0.05, 0) is 23.8 Å². The second-order valence-corrected chi connectivity index (χ2v) is 4.73. The average Bonchev–Trinajstić information content (AvgIpc) is 2.80. The second kappa shape index (κ2) is 5.00. The molecule has 0 fully saturated rings. The van der Waals surface area contributed by atoms with Gasteiger partial charge in [-0.3, -0.25) is 4.98 Å². The molecule has 0 spiro atoms. The number of hydrogen-bond donors (Lipinski definition) is 0. The molecule has 0 aliphatic heterocycles. The van der Waals surface area contributed by atoms with E-state index in [0.717, 1.165) is 17.0 Å². The standard InChI is InChI=1S/C13H8ClF3N4/c14-11-9-5-10(13(15,16)17)21(12(9)20-7-19-11)6-8-1-3-18-4-2-8/h1-5,7H,6H2. The van der Waals surface area contributed by atoms with Crippen LogP contribution in [0, 0.1) is 0 Å². The minimum Gasteiger partial charge on any atom is -0.317 e. The second-order valence-electron chi connectivity index (χ2n) is 4.37. The summed E-state index contributed by atoms with van der Waals surface area (Å²) in [6.45, 7) is 0.0220. The summed E-state index contributed by atoms with van der Waals surface area (Å²) in [7, 11) is 0. The topological polar surface area (TPSA) is 43.6 Å². The van der Waals surface area contributed by atoms with E-state index in [2.05, 4.69) is 15.0 Å². The molecule has 0 radical (unpaired) electrons. The van der Waals surface area contributed by atoms with Crippen molar-refractivity contribution in [3.63, 3.8) is 0 Å². The summed E-state index contributed by atoms with van der Waals surface area (Å²) >= 11 is 5.85. The van der Waals surface area contributed by atoms with Crippen molar-refractivity contribution in [2.24, 2.45) is 0 Å². The van der Waals surface area contributed by atoms with Crippen LogP contribution in [0.4, 0.5) is 13.2 Å². The van der Waals surface area contributed by atoms with E-state index < -0.39 is 11.9 Å². The summed E-state index contributed by atoms with van der Waals surface area (Å²) in [4.78, 5) is 11.5. The SMILES string of the molecule is FC(F)(F)c1cc2c(Cl)ncnc2n1Cc1ccncc1. The quantitative estimate of drug-likeness (QED) is 0.680. The zero-order chi connectivity index (χ0) is 15.0. The third kappa shape index (κ3) is 2.56. The Balaban J connectivity index is 2.21. The molecule has 0 unspecified atom stereocenters. The molecule has 4 nitrogen and oxygen atoms in total. The molecule has 0 amide bonds. The zero-order valence-corrected chi connectivity index (χ0v) is 11.2. The Morgan fingerprint density at radius 1 is 1.14 bits per heavy atom. The number of pyridine rings is 1. The summed E-state index contributed by atoms with van der Waals surface area (Å²) in [6.07, 6.45) is -0.308. The first-order valence-corrected chi connectivity index (χ1v) is 6.30. The van der Waals surface area contributed by atoms with E-state index in [1.807, 2.05) is 0 Å². The molecule has 21 heavy (non-hydrogen) atoms. The molecular formula is C13H8ClF3N4. The minimum atomic E-state index is -4.50. The first-order valence-electron chi connectivity index (χ1n) is 5.92. The highest BCUT2D eigenvalue weighted by atomic mass is 35.5. The van der Waals surface area contributed by atoms with Gasteiger partial charge < -0.3 is 4.57 Å². The number of aromatic nitrogens is 4. The highest BCUT2D eigenvalue weighted by Crippen LogP contribution is 2.35. The van der Waals surface area contributed by atoms with Crippen LogP contribution in [0.15, 0.2) is 36.9 Å². The van der Waals surface area contributed by atoms with Crippen molar-refractivity contribution >= 4 is 22.6 Å². The van der Waals surface area contributed by atoms with Gasteiger partial charge in [0.25, 0.3) is 0 Å². The lowest BCUT2D eigenvalue weighted by Gasteiger charge is -2.12. The molecular weight excluding hydrogens is 305 g/mol. The van der Waals surface area contributed by atoms with Gasteiger partial charge in [-0.25, -0.2) is 9.97 Å². The molecule has 0 saturated carbocycles. The van der Waals surface area contributed by atoms with E-state index in [1.54, 1.807) is 12.1 Å². The molecule has 0 bridgehead atoms. The summed E-state index contributed by atoms with van der Waals surface area (Å²) < 4.78 is 40.7. The maximum absolute atomic E-state index is 13.2. The predicted molar refractivity (Wildman–Crippen MR) is 70.9 cm³/mol. The monoisotopic (exact) mass is 312 g/mol. The molecule has 3 aromatic rings. The van der Waals surface area contributed by atoms with Crippen molar-refractivity contribution in [3.05, 3.63) is 53.3 Å². The van der Waals surface area contributed by atoms with Crippen molar-refractivity contribution in [3.8, 4) is 0 Å². The summed E-state index contributed by atoms with van der Waals surface area (Å²) in [5.74, 6) is 0. The highest BCUT2D eigenvalue weighted by molar-refractivity contribution is 6.33. The molecule has 0 saturated heterocycles. The van der Waals surface area contributed by atoms with Crippen LogP contribution in [0.5, 0.6) is 0 Å². The average molecular weight is 313 g/mol. The van der Waals surface area contributed by atoms with Crippen LogP contribution in [-0.4, -0.2) is 19.5 Å².